The number of hydrogen-bond acceptors (Lipinski definition) is 8. The van der Waals surface area contributed by atoms with Crippen molar-refractivity contribution >= 4 is 50.2 Å². The van der Waals surface area contributed by atoms with Crippen LogP contribution in [-0.2, 0) is 16.1 Å². The first-order chi connectivity index (χ1) is 22.8. The average molecular weight is 712 g/mol. The van der Waals surface area contributed by atoms with E-state index in [2.05, 4.69) is 26.6 Å². The SMILES string of the molecule is CCOC(=O)C1=C(C)N=c2s/c(=C/c3cn(Cc4ccc(C#N)cc4)c4ccccc34)c(=O)n2[C@@H]1c1cc(OC)c(OCC)cc1Br. The molecule has 1 atom stereocenters. The number of rotatable bonds is 9. The highest BCUT2D eigenvalue weighted by molar-refractivity contribution is 9.10. The van der Waals surface area contributed by atoms with Crippen LogP contribution < -0.4 is 24.4 Å². The molecule has 3 heterocycles. The van der Waals surface area contributed by atoms with Gasteiger partial charge in [-0.05, 0) is 68.3 Å². The van der Waals surface area contributed by atoms with Crippen molar-refractivity contribution in [2.45, 2.75) is 33.4 Å². The Balaban J connectivity index is 1.52. The van der Waals surface area contributed by atoms with Crippen molar-refractivity contribution in [3.63, 3.8) is 0 Å². The smallest absolute Gasteiger partial charge is 0.338 e. The van der Waals surface area contributed by atoms with Gasteiger partial charge in [-0.2, -0.15) is 5.26 Å². The summed E-state index contributed by atoms with van der Waals surface area (Å²) >= 11 is 4.94. The van der Waals surface area contributed by atoms with E-state index >= 15 is 0 Å². The van der Waals surface area contributed by atoms with Crippen LogP contribution in [0.4, 0.5) is 0 Å². The van der Waals surface area contributed by atoms with Crippen LogP contribution >= 0.6 is 27.3 Å². The van der Waals surface area contributed by atoms with E-state index in [4.69, 9.17) is 19.2 Å². The molecule has 0 bridgehead atoms. The minimum Gasteiger partial charge on any atom is -0.493 e. The standard InChI is InChI=1S/C36H31BrN4O5S/c1-5-45-30-17-27(37)26(16-29(30)44-4)33-32(35(43)46-6-2)21(3)39-36-41(33)34(42)31(47-36)15-24-20-40(28-10-8-7-9-25(24)28)19-23-13-11-22(18-38)12-14-23/h7-17,20,33H,5-6,19H2,1-4H3/b31-15+/t33-/m1/s1. The first-order valence-electron chi connectivity index (χ1n) is 15.0. The van der Waals surface area contributed by atoms with Crippen LogP contribution in [0.5, 0.6) is 11.5 Å². The summed E-state index contributed by atoms with van der Waals surface area (Å²) in [7, 11) is 1.55. The van der Waals surface area contributed by atoms with E-state index in [0.29, 0.717) is 55.3 Å². The molecule has 0 spiro atoms. The number of aromatic nitrogens is 2. The second kappa shape index (κ2) is 13.4. The van der Waals surface area contributed by atoms with Gasteiger partial charge in [0.15, 0.2) is 16.3 Å². The molecule has 5 aromatic rings. The third-order valence-electron chi connectivity index (χ3n) is 7.94. The van der Waals surface area contributed by atoms with E-state index in [1.165, 1.54) is 11.3 Å². The number of carbonyl (C=O) groups is 1. The van der Waals surface area contributed by atoms with Crippen LogP contribution in [0.15, 0.2) is 92.4 Å². The fourth-order valence-electron chi connectivity index (χ4n) is 5.82. The van der Waals surface area contributed by atoms with Crippen molar-refractivity contribution in [1.82, 2.24) is 9.13 Å². The number of ether oxygens (including phenoxy) is 3. The summed E-state index contributed by atoms with van der Waals surface area (Å²) in [5.74, 6) is 0.465. The molecular weight excluding hydrogens is 680 g/mol. The second-order valence-corrected chi connectivity index (χ2v) is 12.7. The highest BCUT2D eigenvalue weighted by Gasteiger charge is 2.35. The summed E-state index contributed by atoms with van der Waals surface area (Å²) in [4.78, 5) is 33.0. The maximum absolute atomic E-state index is 14.4. The van der Waals surface area contributed by atoms with Gasteiger partial charge >= 0.3 is 5.97 Å². The number of nitriles is 1. The quantitative estimate of drug-likeness (QED) is 0.178. The molecule has 0 aliphatic carbocycles. The first-order valence-corrected chi connectivity index (χ1v) is 16.7. The molecule has 0 unspecified atom stereocenters. The van der Waals surface area contributed by atoms with Crippen LogP contribution in [0.3, 0.4) is 0 Å². The van der Waals surface area contributed by atoms with Crippen LogP contribution in [0, 0.1) is 11.3 Å². The predicted octanol–water partition coefficient (Wildman–Crippen LogP) is 5.84. The van der Waals surface area contributed by atoms with E-state index in [-0.39, 0.29) is 17.7 Å². The van der Waals surface area contributed by atoms with E-state index in [1.54, 1.807) is 37.7 Å². The zero-order valence-corrected chi connectivity index (χ0v) is 28.6. The molecule has 0 N–H and O–H groups in total. The number of esters is 1. The van der Waals surface area contributed by atoms with Crippen LogP contribution in [0.1, 0.15) is 49.1 Å². The highest BCUT2D eigenvalue weighted by atomic mass is 79.9. The molecule has 1 aliphatic heterocycles. The Morgan fingerprint density at radius 2 is 1.87 bits per heavy atom. The van der Waals surface area contributed by atoms with E-state index < -0.39 is 12.0 Å². The highest BCUT2D eigenvalue weighted by Crippen LogP contribution is 2.41. The molecular formula is C36H31BrN4O5S. The number of carbonyl (C=O) groups excluding carboxylic acids is 1. The maximum Gasteiger partial charge on any atom is 0.338 e. The molecule has 0 saturated heterocycles. The normalized spacial score (nSPS) is 14.5. The number of thiazole rings is 1. The molecule has 6 rings (SSSR count). The van der Waals surface area contributed by atoms with Gasteiger partial charge in [0.05, 0.1) is 53.8 Å². The zero-order chi connectivity index (χ0) is 33.2. The van der Waals surface area contributed by atoms with Crippen LogP contribution in [0.2, 0.25) is 0 Å². The van der Waals surface area contributed by atoms with Gasteiger partial charge in [-0.25, -0.2) is 9.79 Å². The predicted molar refractivity (Wildman–Crippen MR) is 184 cm³/mol. The molecule has 238 valence electrons. The minimum atomic E-state index is -0.830. The lowest BCUT2D eigenvalue weighted by molar-refractivity contribution is -0.139. The van der Waals surface area contributed by atoms with Gasteiger partial charge in [-0.1, -0.05) is 57.6 Å². The molecule has 1 aliphatic rings. The summed E-state index contributed by atoms with van der Waals surface area (Å²) in [6.45, 7) is 6.59. The number of benzene rings is 3. The van der Waals surface area contributed by atoms with E-state index in [0.717, 1.165) is 22.0 Å². The number of allylic oxidation sites excluding steroid dienone is 1. The molecule has 0 amide bonds. The molecule has 3 aromatic carbocycles. The lowest BCUT2D eigenvalue weighted by atomic mass is 9.95. The largest absolute Gasteiger partial charge is 0.493 e. The summed E-state index contributed by atoms with van der Waals surface area (Å²) in [5.41, 5.74) is 4.65. The lowest BCUT2D eigenvalue weighted by Gasteiger charge is -2.26. The Morgan fingerprint density at radius 3 is 2.57 bits per heavy atom. The molecule has 11 heteroatoms. The first kappa shape index (κ1) is 32.0. The number of para-hydroxylation sites is 1. The third kappa shape index (κ3) is 6.02. The van der Waals surface area contributed by atoms with Gasteiger partial charge in [0.1, 0.15) is 0 Å². The minimum absolute atomic E-state index is 0.174. The van der Waals surface area contributed by atoms with Gasteiger partial charge in [0.25, 0.3) is 5.56 Å². The average Bonchev–Trinajstić information content (AvgIpc) is 3.57. The molecule has 0 radical (unpaired) electrons. The van der Waals surface area contributed by atoms with E-state index in [9.17, 15) is 14.9 Å². The fraction of sp³-hybridized carbons (Fsp3) is 0.222. The van der Waals surface area contributed by atoms with Crippen LogP contribution in [0.25, 0.3) is 17.0 Å². The Bertz CT molecular complexity index is 2280. The van der Waals surface area contributed by atoms with Crippen LogP contribution in [-0.4, -0.2) is 35.4 Å². The van der Waals surface area contributed by atoms with Gasteiger partial charge < -0.3 is 18.8 Å². The molecule has 47 heavy (non-hydrogen) atoms. The number of nitrogens with zero attached hydrogens (tertiary/aromatic N) is 4. The Hall–Kier alpha value is -4.92. The van der Waals surface area contributed by atoms with Crippen molar-refractivity contribution in [1.29, 1.82) is 5.26 Å². The summed E-state index contributed by atoms with van der Waals surface area (Å²) in [6.07, 6.45) is 3.91. The Kier molecular flexibility index (Phi) is 9.16. The summed E-state index contributed by atoms with van der Waals surface area (Å²) < 4.78 is 21.7. The number of fused-ring (bicyclic) bond motifs is 2. The fourth-order valence-corrected chi connectivity index (χ4v) is 7.39. The monoisotopic (exact) mass is 710 g/mol. The summed E-state index contributed by atoms with van der Waals surface area (Å²) in [5, 5.41) is 10.2. The van der Waals surface area contributed by atoms with Crippen molar-refractivity contribution in [3.8, 4) is 17.6 Å². The molecule has 0 fully saturated rings. The van der Waals surface area contributed by atoms with Crippen molar-refractivity contribution in [2.24, 2.45) is 4.99 Å². The van der Waals surface area contributed by atoms with Gasteiger partial charge in [-0.15, -0.1) is 0 Å². The Morgan fingerprint density at radius 1 is 1.11 bits per heavy atom. The topological polar surface area (TPSA) is 108 Å². The third-order valence-corrected chi connectivity index (χ3v) is 9.61. The maximum atomic E-state index is 14.4. The molecule has 0 saturated carbocycles. The van der Waals surface area contributed by atoms with Crippen molar-refractivity contribution in [2.75, 3.05) is 20.3 Å². The van der Waals surface area contributed by atoms with E-state index in [1.807, 2.05) is 67.7 Å². The second-order valence-electron chi connectivity index (χ2n) is 10.8. The molecule has 9 nitrogen and oxygen atoms in total. The van der Waals surface area contributed by atoms with Gasteiger partial charge in [0.2, 0.25) is 0 Å². The zero-order valence-electron chi connectivity index (χ0n) is 26.2. The van der Waals surface area contributed by atoms with Gasteiger partial charge in [-0.3, -0.25) is 9.36 Å². The lowest BCUT2D eigenvalue weighted by Crippen LogP contribution is -2.40. The number of halogens is 1. The van der Waals surface area contributed by atoms with Crippen molar-refractivity contribution in [3.05, 3.63) is 125 Å². The molecule has 2 aromatic heterocycles. The number of methoxy groups -OCH3 is 1. The Labute approximate surface area is 283 Å². The summed E-state index contributed by atoms with van der Waals surface area (Å²) in [6, 6.07) is 20.4. The van der Waals surface area contributed by atoms with Crippen molar-refractivity contribution < 1.29 is 19.0 Å². The number of hydrogen-bond donors (Lipinski definition) is 0. The van der Waals surface area contributed by atoms with Gasteiger partial charge in [0, 0.05) is 33.7 Å².